The molecule has 10 nitrogen and oxygen atoms in total. The highest BCUT2D eigenvalue weighted by atomic mass is 35.5. The van der Waals surface area contributed by atoms with Crippen molar-refractivity contribution in [2.75, 3.05) is 38.7 Å². The van der Waals surface area contributed by atoms with Crippen molar-refractivity contribution in [1.29, 1.82) is 0 Å². The third-order valence-electron chi connectivity index (χ3n) is 10.2. The molecule has 4 fully saturated rings. The lowest BCUT2D eigenvalue weighted by Gasteiger charge is -2.47. The molecule has 0 radical (unpaired) electrons. The Morgan fingerprint density at radius 3 is 1.44 bits per heavy atom. The van der Waals surface area contributed by atoms with E-state index in [0.717, 1.165) is 82.7 Å². The number of thioether (sulfide) groups is 2. The fourth-order valence-electron chi connectivity index (χ4n) is 7.76. The van der Waals surface area contributed by atoms with Crippen molar-refractivity contribution in [1.82, 2.24) is 40.4 Å². The van der Waals surface area contributed by atoms with Crippen LogP contribution in [0.3, 0.4) is 0 Å². The van der Waals surface area contributed by atoms with Crippen LogP contribution in [0.5, 0.6) is 0 Å². The molecule has 2 aromatic heterocycles. The molecule has 8 rings (SSSR count). The van der Waals surface area contributed by atoms with Gasteiger partial charge in [-0.15, -0.1) is 23.5 Å². The molecule has 50 heavy (non-hydrogen) atoms. The maximum absolute atomic E-state index is 11.8. The largest absolute Gasteiger partial charge is 0.348 e. The summed E-state index contributed by atoms with van der Waals surface area (Å²) < 4.78 is 0. The van der Waals surface area contributed by atoms with Crippen molar-refractivity contribution in [2.24, 2.45) is 0 Å². The van der Waals surface area contributed by atoms with Crippen molar-refractivity contribution in [2.45, 2.75) is 59.9 Å². The topological polar surface area (TPSA) is 116 Å². The number of amides is 2. The van der Waals surface area contributed by atoms with E-state index in [4.69, 9.17) is 43.1 Å². The van der Waals surface area contributed by atoms with Gasteiger partial charge in [0.05, 0.1) is 56.3 Å². The highest BCUT2D eigenvalue weighted by Gasteiger charge is 2.48. The van der Waals surface area contributed by atoms with Crippen molar-refractivity contribution < 1.29 is 9.59 Å². The Kier molecular flexibility index (Phi) is 9.06. The molecule has 6 heterocycles. The second-order valence-electron chi connectivity index (χ2n) is 13.7. The molecule has 0 atom stereocenters. The molecule has 4 aliphatic rings. The van der Waals surface area contributed by atoms with Gasteiger partial charge in [0.1, 0.15) is 10.1 Å². The number of nitrogens with one attached hydrogen (secondary N) is 2. The van der Waals surface area contributed by atoms with Crippen LogP contribution in [0.1, 0.15) is 37.1 Å². The molecule has 0 bridgehead atoms. The van der Waals surface area contributed by atoms with Gasteiger partial charge in [-0.25, -0.2) is 9.97 Å². The normalized spacial score (nSPS) is 19.4. The summed E-state index contributed by atoms with van der Waals surface area (Å²) >= 11 is 17.4. The van der Waals surface area contributed by atoms with Gasteiger partial charge in [-0.2, -0.15) is 0 Å². The second kappa shape index (κ2) is 13.4. The van der Waals surface area contributed by atoms with E-state index in [-0.39, 0.29) is 22.9 Å². The molecule has 0 aliphatic carbocycles. The van der Waals surface area contributed by atoms with Crippen LogP contribution in [-0.2, 0) is 22.7 Å². The molecule has 4 aromatic rings. The summed E-state index contributed by atoms with van der Waals surface area (Å²) in [7, 11) is 0. The van der Waals surface area contributed by atoms with Crippen LogP contribution >= 0.6 is 46.7 Å². The first-order valence-electron chi connectivity index (χ1n) is 16.6. The fourth-order valence-corrected chi connectivity index (χ4v) is 9.50. The molecule has 4 saturated heterocycles. The zero-order valence-corrected chi connectivity index (χ0v) is 30.9. The Bertz CT molecular complexity index is 1880. The Morgan fingerprint density at radius 2 is 1.08 bits per heavy atom. The quantitative estimate of drug-likeness (QED) is 0.199. The third kappa shape index (κ3) is 6.28. The van der Waals surface area contributed by atoms with E-state index in [1.54, 1.807) is 35.9 Å². The van der Waals surface area contributed by atoms with E-state index in [1.807, 2.05) is 48.9 Å². The SMILES string of the molecule is CSc1nc(-c2cccc(-c3cccc(-c4cnc(CN5CC6(CCC(=O)N6)C5)c(SC)n4)c3Cl)c2Cl)cnc1CN1CC2(CCC(=O)N2)C1. The fraction of sp³-hybridized carbons (Fsp3) is 0.389. The molecule has 0 saturated carbocycles. The standard InChI is InChI=1S/C36H36Cl2N8O2S2/c1-49-33-27(15-45-17-35(18-45)11-9-29(47)43-35)39-13-25(41-33)23-7-3-5-21(31(23)37)22-6-4-8-24(32(22)38)26-14-40-28(34(42-26)50-2)16-46-19-36(20-46)12-10-30(48)44-36/h3-8,13-14H,9-12,15-20H2,1-2H3,(H,43,47)(H,44,48). The van der Waals surface area contributed by atoms with Crippen LogP contribution < -0.4 is 10.6 Å². The predicted octanol–water partition coefficient (Wildman–Crippen LogP) is 5.95. The third-order valence-corrected chi connectivity index (χ3v) is 12.4. The Balaban J connectivity index is 1.01. The minimum absolute atomic E-state index is 0.0706. The van der Waals surface area contributed by atoms with E-state index >= 15 is 0 Å². The van der Waals surface area contributed by atoms with Crippen molar-refractivity contribution in [3.8, 4) is 33.6 Å². The summed E-state index contributed by atoms with van der Waals surface area (Å²) in [5.41, 5.74) is 6.19. The highest BCUT2D eigenvalue weighted by molar-refractivity contribution is 7.98. The maximum atomic E-state index is 11.8. The molecule has 2 aromatic carbocycles. The Hall–Kier alpha value is -3.26. The molecule has 2 spiro atoms. The van der Waals surface area contributed by atoms with Crippen LogP contribution in [0.25, 0.3) is 33.6 Å². The zero-order valence-electron chi connectivity index (χ0n) is 27.8. The summed E-state index contributed by atoms with van der Waals surface area (Å²) in [6.45, 7) is 4.69. The minimum atomic E-state index is -0.0706. The van der Waals surface area contributed by atoms with Crippen molar-refractivity contribution in [3.05, 3.63) is 70.2 Å². The number of hydrogen-bond acceptors (Lipinski definition) is 10. The number of carbonyl (C=O) groups excluding carboxylic acids is 2. The maximum Gasteiger partial charge on any atom is 0.220 e. The Morgan fingerprint density at radius 1 is 0.680 bits per heavy atom. The highest BCUT2D eigenvalue weighted by Crippen LogP contribution is 2.42. The average molecular weight is 748 g/mol. The van der Waals surface area contributed by atoms with Crippen LogP contribution in [0.4, 0.5) is 0 Å². The lowest BCUT2D eigenvalue weighted by molar-refractivity contribution is -0.121. The number of nitrogens with zero attached hydrogens (tertiary/aromatic N) is 6. The zero-order chi connectivity index (χ0) is 34.6. The number of benzene rings is 2. The first-order chi connectivity index (χ1) is 24.2. The average Bonchev–Trinajstić information content (AvgIpc) is 3.68. The van der Waals surface area contributed by atoms with Gasteiger partial charge in [0.25, 0.3) is 0 Å². The minimum Gasteiger partial charge on any atom is -0.348 e. The van der Waals surface area contributed by atoms with E-state index in [0.29, 0.717) is 47.4 Å². The molecule has 2 N–H and O–H groups in total. The van der Waals surface area contributed by atoms with Gasteiger partial charge in [0.15, 0.2) is 0 Å². The molecular weight excluding hydrogens is 711 g/mol. The molecule has 258 valence electrons. The monoisotopic (exact) mass is 746 g/mol. The number of halogens is 2. The molecular formula is C36H36Cl2N8O2S2. The summed E-state index contributed by atoms with van der Waals surface area (Å²) in [6.07, 6.45) is 10.6. The van der Waals surface area contributed by atoms with Crippen LogP contribution in [-0.4, -0.2) is 91.3 Å². The van der Waals surface area contributed by atoms with Crippen LogP contribution in [0.15, 0.2) is 58.8 Å². The van der Waals surface area contributed by atoms with Gasteiger partial charge in [-0.05, 0) is 25.4 Å². The summed E-state index contributed by atoms with van der Waals surface area (Å²) in [4.78, 5) is 47.7. The molecule has 0 unspecified atom stereocenters. The van der Waals surface area contributed by atoms with Crippen LogP contribution in [0.2, 0.25) is 10.0 Å². The number of likely N-dealkylation sites (tertiary alicyclic amines) is 2. The molecule has 14 heteroatoms. The predicted molar refractivity (Wildman–Crippen MR) is 198 cm³/mol. The second-order valence-corrected chi connectivity index (χ2v) is 16.0. The molecule has 4 aliphatic heterocycles. The first kappa shape index (κ1) is 33.9. The summed E-state index contributed by atoms with van der Waals surface area (Å²) in [6, 6.07) is 11.7. The van der Waals surface area contributed by atoms with Gasteiger partial charge in [-0.1, -0.05) is 59.6 Å². The smallest absolute Gasteiger partial charge is 0.220 e. The molecule has 2 amide bonds. The van der Waals surface area contributed by atoms with Gasteiger partial charge in [-0.3, -0.25) is 29.4 Å². The van der Waals surface area contributed by atoms with Gasteiger partial charge in [0, 0.05) is 74.4 Å². The van der Waals surface area contributed by atoms with Crippen LogP contribution in [0, 0.1) is 0 Å². The number of rotatable bonds is 9. The summed E-state index contributed by atoms with van der Waals surface area (Å²) in [5.74, 6) is 0.292. The van der Waals surface area contributed by atoms with Crippen molar-refractivity contribution in [3.63, 3.8) is 0 Å². The van der Waals surface area contributed by atoms with E-state index in [2.05, 4.69) is 20.4 Å². The van der Waals surface area contributed by atoms with Gasteiger partial charge in [0.2, 0.25) is 11.8 Å². The van der Waals surface area contributed by atoms with Gasteiger partial charge < -0.3 is 10.6 Å². The number of carbonyl (C=O) groups is 2. The van der Waals surface area contributed by atoms with Crippen molar-refractivity contribution >= 4 is 58.5 Å². The Labute approximate surface area is 309 Å². The van der Waals surface area contributed by atoms with E-state index < -0.39 is 0 Å². The summed E-state index contributed by atoms with van der Waals surface area (Å²) in [5, 5.41) is 9.08. The van der Waals surface area contributed by atoms with E-state index in [9.17, 15) is 9.59 Å². The lowest BCUT2D eigenvalue weighted by Crippen LogP contribution is -2.66. The van der Waals surface area contributed by atoms with Gasteiger partial charge >= 0.3 is 0 Å². The first-order valence-corrected chi connectivity index (χ1v) is 19.8. The number of hydrogen-bond donors (Lipinski definition) is 2. The van der Waals surface area contributed by atoms with E-state index in [1.165, 1.54) is 0 Å². The number of aromatic nitrogens is 4. The lowest BCUT2D eigenvalue weighted by atomic mass is 9.88.